The quantitative estimate of drug-likeness (QED) is 0.695. The molecule has 1 heterocycles. The predicted octanol–water partition coefficient (Wildman–Crippen LogP) is 1.61. The summed E-state index contributed by atoms with van der Waals surface area (Å²) in [5, 5.41) is 12.6. The van der Waals surface area contributed by atoms with Crippen LogP contribution in [0.15, 0.2) is 0 Å². The molecule has 2 N–H and O–H groups in total. The molecule has 0 aliphatic carbocycles. The van der Waals surface area contributed by atoms with E-state index < -0.39 is 0 Å². The van der Waals surface area contributed by atoms with E-state index in [9.17, 15) is 0 Å². The highest BCUT2D eigenvalue weighted by molar-refractivity contribution is 4.73. The number of nitrogens with one attached hydrogen (secondary N) is 1. The SMILES string of the molecule is CCCNC(CCO)CN1CCCCCC1. The van der Waals surface area contributed by atoms with E-state index in [1.165, 1.54) is 45.2 Å². The Bertz CT molecular complexity index is 156. The fraction of sp³-hybridized carbons (Fsp3) is 1.00. The summed E-state index contributed by atoms with van der Waals surface area (Å²) in [6.07, 6.45) is 7.53. The number of aliphatic hydroxyl groups excluding tert-OH is 1. The minimum atomic E-state index is 0.301. The monoisotopic (exact) mass is 228 g/mol. The topological polar surface area (TPSA) is 35.5 Å². The van der Waals surface area contributed by atoms with Gasteiger partial charge < -0.3 is 15.3 Å². The molecule has 0 spiro atoms. The van der Waals surface area contributed by atoms with Gasteiger partial charge in [0, 0.05) is 19.2 Å². The van der Waals surface area contributed by atoms with E-state index in [2.05, 4.69) is 17.1 Å². The second-order valence-electron chi connectivity index (χ2n) is 4.88. The zero-order valence-corrected chi connectivity index (χ0v) is 10.7. The molecule has 0 saturated carbocycles. The molecule has 0 aromatic carbocycles. The van der Waals surface area contributed by atoms with Gasteiger partial charge in [-0.1, -0.05) is 19.8 Å². The zero-order chi connectivity index (χ0) is 11.6. The van der Waals surface area contributed by atoms with Crippen molar-refractivity contribution >= 4 is 0 Å². The number of hydrogen-bond acceptors (Lipinski definition) is 3. The molecule has 3 heteroatoms. The van der Waals surface area contributed by atoms with Crippen LogP contribution >= 0.6 is 0 Å². The summed E-state index contributed by atoms with van der Waals surface area (Å²) in [6.45, 7) is 7.16. The first-order valence-electron chi connectivity index (χ1n) is 6.93. The molecule has 1 saturated heterocycles. The van der Waals surface area contributed by atoms with Gasteiger partial charge in [-0.3, -0.25) is 0 Å². The van der Waals surface area contributed by atoms with E-state index in [1.807, 2.05) is 0 Å². The van der Waals surface area contributed by atoms with Crippen molar-refractivity contribution in [2.75, 3.05) is 32.8 Å². The van der Waals surface area contributed by atoms with Crippen molar-refractivity contribution in [1.29, 1.82) is 0 Å². The molecule has 1 rings (SSSR count). The standard InChI is InChI=1S/C13H28N2O/c1-2-8-14-13(7-11-16)12-15-9-5-3-4-6-10-15/h13-14,16H,2-12H2,1H3. The molecule has 0 aromatic heterocycles. The lowest BCUT2D eigenvalue weighted by Crippen LogP contribution is -2.42. The molecule has 0 aromatic rings. The molecule has 0 amide bonds. The number of aliphatic hydroxyl groups is 1. The van der Waals surface area contributed by atoms with E-state index in [-0.39, 0.29) is 0 Å². The third-order valence-corrected chi connectivity index (χ3v) is 3.34. The zero-order valence-electron chi connectivity index (χ0n) is 10.7. The van der Waals surface area contributed by atoms with Gasteiger partial charge in [-0.15, -0.1) is 0 Å². The van der Waals surface area contributed by atoms with Crippen LogP contribution in [0.3, 0.4) is 0 Å². The van der Waals surface area contributed by atoms with E-state index in [1.54, 1.807) is 0 Å². The van der Waals surface area contributed by atoms with Gasteiger partial charge in [0.15, 0.2) is 0 Å². The molecule has 1 aliphatic heterocycles. The maximum atomic E-state index is 9.06. The predicted molar refractivity (Wildman–Crippen MR) is 68.7 cm³/mol. The number of nitrogens with zero attached hydrogens (tertiary/aromatic N) is 1. The minimum Gasteiger partial charge on any atom is -0.396 e. The molecule has 0 radical (unpaired) electrons. The summed E-state index contributed by atoms with van der Waals surface area (Å²) in [7, 11) is 0. The Morgan fingerprint density at radius 2 is 1.88 bits per heavy atom. The Morgan fingerprint density at radius 3 is 2.44 bits per heavy atom. The van der Waals surface area contributed by atoms with Crippen molar-refractivity contribution in [3.8, 4) is 0 Å². The highest BCUT2D eigenvalue weighted by Gasteiger charge is 2.14. The Kier molecular flexibility index (Phi) is 7.81. The largest absolute Gasteiger partial charge is 0.396 e. The van der Waals surface area contributed by atoms with Crippen molar-refractivity contribution in [2.24, 2.45) is 0 Å². The average molecular weight is 228 g/mol. The Morgan fingerprint density at radius 1 is 1.19 bits per heavy atom. The first kappa shape index (κ1) is 13.9. The van der Waals surface area contributed by atoms with Crippen LogP contribution in [-0.2, 0) is 0 Å². The van der Waals surface area contributed by atoms with Crippen molar-refractivity contribution in [1.82, 2.24) is 10.2 Å². The van der Waals surface area contributed by atoms with Gasteiger partial charge in [0.1, 0.15) is 0 Å². The van der Waals surface area contributed by atoms with Crippen LogP contribution in [0, 0.1) is 0 Å². The van der Waals surface area contributed by atoms with Crippen molar-refractivity contribution in [3.05, 3.63) is 0 Å². The van der Waals surface area contributed by atoms with Crippen LogP contribution < -0.4 is 5.32 Å². The van der Waals surface area contributed by atoms with E-state index in [0.717, 1.165) is 19.5 Å². The van der Waals surface area contributed by atoms with Gasteiger partial charge in [0.25, 0.3) is 0 Å². The van der Waals surface area contributed by atoms with Crippen LogP contribution in [0.5, 0.6) is 0 Å². The van der Waals surface area contributed by atoms with Crippen LogP contribution in [0.1, 0.15) is 45.4 Å². The second-order valence-corrected chi connectivity index (χ2v) is 4.88. The summed E-state index contributed by atoms with van der Waals surface area (Å²) in [4.78, 5) is 2.57. The highest BCUT2D eigenvalue weighted by Crippen LogP contribution is 2.10. The van der Waals surface area contributed by atoms with Gasteiger partial charge >= 0.3 is 0 Å². The first-order valence-corrected chi connectivity index (χ1v) is 6.93. The van der Waals surface area contributed by atoms with Gasteiger partial charge in [-0.2, -0.15) is 0 Å². The summed E-state index contributed by atoms with van der Waals surface area (Å²) >= 11 is 0. The lowest BCUT2D eigenvalue weighted by atomic mass is 10.2. The van der Waals surface area contributed by atoms with Crippen molar-refractivity contribution in [2.45, 2.75) is 51.5 Å². The summed E-state index contributed by atoms with van der Waals surface area (Å²) in [5.41, 5.74) is 0. The smallest absolute Gasteiger partial charge is 0.0446 e. The maximum Gasteiger partial charge on any atom is 0.0446 e. The van der Waals surface area contributed by atoms with Gasteiger partial charge in [0.05, 0.1) is 0 Å². The fourth-order valence-electron chi connectivity index (χ4n) is 2.39. The molecule has 16 heavy (non-hydrogen) atoms. The lowest BCUT2D eigenvalue weighted by molar-refractivity contribution is 0.212. The number of hydrogen-bond donors (Lipinski definition) is 2. The van der Waals surface area contributed by atoms with E-state index in [4.69, 9.17) is 5.11 Å². The second kappa shape index (κ2) is 8.97. The lowest BCUT2D eigenvalue weighted by Gasteiger charge is -2.26. The first-order chi connectivity index (χ1) is 7.86. The molecule has 96 valence electrons. The van der Waals surface area contributed by atoms with Gasteiger partial charge in [0.2, 0.25) is 0 Å². The van der Waals surface area contributed by atoms with E-state index >= 15 is 0 Å². The minimum absolute atomic E-state index is 0.301. The molecular weight excluding hydrogens is 200 g/mol. The molecule has 1 aliphatic rings. The molecule has 1 fully saturated rings. The molecule has 1 unspecified atom stereocenters. The third-order valence-electron chi connectivity index (χ3n) is 3.34. The average Bonchev–Trinajstić information content (AvgIpc) is 2.55. The normalized spacial score (nSPS) is 20.6. The highest BCUT2D eigenvalue weighted by atomic mass is 16.3. The molecular formula is C13H28N2O. The Labute approximate surface area is 100 Å². The van der Waals surface area contributed by atoms with Crippen LogP contribution in [-0.4, -0.2) is 48.8 Å². The van der Waals surface area contributed by atoms with Gasteiger partial charge in [-0.25, -0.2) is 0 Å². The molecule has 0 bridgehead atoms. The van der Waals surface area contributed by atoms with Crippen molar-refractivity contribution < 1.29 is 5.11 Å². The van der Waals surface area contributed by atoms with E-state index in [0.29, 0.717) is 12.6 Å². The number of likely N-dealkylation sites (tertiary alicyclic amines) is 1. The Balaban J connectivity index is 2.27. The fourth-order valence-corrected chi connectivity index (χ4v) is 2.39. The molecule has 3 nitrogen and oxygen atoms in total. The van der Waals surface area contributed by atoms with Crippen molar-refractivity contribution in [3.63, 3.8) is 0 Å². The summed E-state index contributed by atoms with van der Waals surface area (Å²) in [6, 6.07) is 0.475. The summed E-state index contributed by atoms with van der Waals surface area (Å²) in [5.74, 6) is 0. The molecule has 1 atom stereocenters. The number of rotatable bonds is 7. The summed E-state index contributed by atoms with van der Waals surface area (Å²) < 4.78 is 0. The third kappa shape index (κ3) is 5.83. The Hall–Kier alpha value is -0.120. The van der Waals surface area contributed by atoms with Crippen LogP contribution in [0.25, 0.3) is 0 Å². The van der Waals surface area contributed by atoms with Crippen LogP contribution in [0.4, 0.5) is 0 Å². The van der Waals surface area contributed by atoms with Crippen LogP contribution in [0.2, 0.25) is 0 Å². The maximum absolute atomic E-state index is 9.06. The van der Waals surface area contributed by atoms with Gasteiger partial charge in [-0.05, 0) is 45.3 Å².